The molecular formula is C27H30N2O3. The number of hydrogen-bond donors (Lipinski definition) is 0. The molecule has 0 atom stereocenters. The molecule has 0 spiro atoms. The maximum atomic E-state index is 6.01. The summed E-state index contributed by atoms with van der Waals surface area (Å²) in [5, 5.41) is 0. The molecule has 166 valence electrons. The summed E-state index contributed by atoms with van der Waals surface area (Å²) in [5.41, 5.74) is 5.56. The van der Waals surface area contributed by atoms with Gasteiger partial charge in [0.25, 0.3) is 0 Å². The van der Waals surface area contributed by atoms with Crippen LogP contribution in [0.15, 0.2) is 60.7 Å². The first-order valence-corrected chi connectivity index (χ1v) is 11.0. The minimum absolute atomic E-state index is 0.697. The highest BCUT2D eigenvalue weighted by atomic mass is 16.5. The van der Waals surface area contributed by atoms with Crippen molar-refractivity contribution in [3.8, 4) is 28.6 Å². The number of ether oxygens (including phenoxy) is 3. The number of aryl methyl sites for hydroxylation is 3. The molecule has 4 rings (SSSR count). The molecule has 4 aromatic rings. The fourth-order valence-electron chi connectivity index (χ4n) is 4.01. The first-order valence-electron chi connectivity index (χ1n) is 11.0. The van der Waals surface area contributed by atoms with Crippen LogP contribution >= 0.6 is 0 Å². The summed E-state index contributed by atoms with van der Waals surface area (Å²) in [7, 11) is 3.30. The second-order valence-electron chi connectivity index (χ2n) is 7.97. The average Bonchev–Trinajstić information content (AvgIpc) is 3.18. The number of para-hydroxylation sites is 2. The van der Waals surface area contributed by atoms with Crippen molar-refractivity contribution < 1.29 is 14.2 Å². The van der Waals surface area contributed by atoms with E-state index < -0.39 is 0 Å². The van der Waals surface area contributed by atoms with Crippen molar-refractivity contribution >= 4 is 11.0 Å². The van der Waals surface area contributed by atoms with E-state index in [-0.39, 0.29) is 0 Å². The molecule has 5 heteroatoms. The Bertz CT molecular complexity index is 1210. The van der Waals surface area contributed by atoms with Gasteiger partial charge in [-0.1, -0.05) is 29.8 Å². The van der Waals surface area contributed by atoms with Crippen molar-refractivity contribution in [3.05, 3.63) is 71.8 Å². The van der Waals surface area contributed by atoms with Crippen LogP contribution in [0.3, 0.4) is 0 Å². The van der Waals surface area contributed by atoms with Crippen LogP contribution in [0.2, 0.25) is 0 Å². The van der Waals surface area contributed by atoms with Gasteiger partial charge in [0.15, 0.2) is 11.5 Å². The van der Waals surface area contributed by atoms with Crippen LogP contribution in [0.25, 0.3) is 22.4 Å². The number of nitrogens with zero attached hydrogens (tertiary/aromatic N) is 2. The van der Waals surface area contributed by atoms with Gasteiger partial charge >= 0.3 is 0 Å². The Labute approximate surface area is 189 Å². The van der Waals surface area contributed by atoms with Gasteiger partial charge in [0.2, 0.25) is 0 Å². The zero-order valence-corrected chi connectivity index (χ0v) is 19.2. The molecule has 32 heavy (non-hydrogen) atoms. The number of rotatable bonds is 9. The Morgan fingerprint density at radius 2 is 1.59 bits per heavy atom. The number of methoxy groups -OCH3 is 2. The van der Waals surface area contributed by atoms with Gasteiger partial charge in [-0.2, -0.15) is 0 Å². The molecule has 0 saturated heterocycles. The molecule has 0 unspecified atom stereocenters. The van der Waals surface area contributed by atoms with Gasteiger partial charge in [-0.15, -0.1) is 0 Å². The van der Waals surface area contributed by atoms with E-state index in [4.69, 9.17) is 19.2 Å². The normalized spacial score (nSPS) is 11.0. The smallest absolute Gasteiger partial charge is 0.161 e. The van der Waals surface area contributed by atoms with E-state index >= 15 is 0 Å². The number of unbranched alkanes of at least 4 members (excludes halogenated alkanes) is 1. The molecule has 0 radical (unpaired) electrons. The fraction of sp³-hybridized carbons (Fsp3) is 0.296. The topological polar surface area (TPSA) is 45.5 Å². The quantitative estimate of drug-likeness (QED) is 0.297. The molecule has 0 aliphatic heterocycles. The van der Waals surface area contributed by atoms with Crippen molar-refractivity contribution in [2.45, 2.75) is 33.2 Å². The predicted molar refractivity (Wildman–Crippen MR) is 129 cm³/mol. The standard InChI is InChI=1S/C27H30N2O3/c1-19-11-13-24(20(2)17-19)32-16-8-7-15-29-23-10-6-5-9-22(23)28-27(29)21-12-14-25(30-3)26(18-21)31-4/h5-6,9-14,17-18H,7-8,15-16H2,1-4H3. The SMILES string of the molecule is COc1ccc(-c2nc3ccccc3n2CCCCOc2ccc(C)cc2C)cc1OC. The molecule has 0 aliphatic rings. The third-order valence-electron chi connectivity index (χ3n) is 5.66. The van der Waals surface area contributed by atoms with Gasteiger partial charge in [0, 0.05) is 12.1 Å². The van der Waals surface area contributed by atoms with E-state index in [1.165, 1.54) is 11.1 Å². The van der Waals surface area contributed by atoms with E-state index in [1.54, 1.807) is 14.2 Å². The largest absolute Gasteiger partial charge is 0.493 e. The average molecular weight is 431 g/mol. The summed E-state index contributed by atoms with van der Waals surface area (Å²) in [6, 6.07) is 20.5. The Morgan fingerprint density at radius 3 is 2.38 bits per heavy atom. The first kappa shape index (κ1) is 21.8. The van der Waals surface area contributed by atoms with E-state index in [0.717, 1.165) is 47.6 Å². The molecule has 1 heterocycles. The first-order chi connectivity index (χ1) is 15.6. The lowest BCUT2D eigenvalue weighted by atomic mass is 10.1. The third-order valence-corrected chi connectivity index (χ3v) is 5.66. The van der Waals surface area contributed by atoms with Crippen molar-refractivity contribution in [2.75, 3.05) is 20.8 Å². The van der Waals surface area contributed by atoms with Gasteiger partial charge in [-0.3, -0.25) is 0 Å². The Hall–Kier alpha value is -3.47. The lowest BCUT2D eigenvalue weighted by molar-refractivity contribution is 0.301. The third kappa shape index (κ3) is 4.57. The summed E-state index contributed by atoms with van der Waals surface area (Å²) in [6.45, 7) is 5.75. The second kappa shape index (κ2) is 9.77. The maximum Gasteiger partial charge on any atom is 0.161 e. The molecule has 0 fully saturated rings. The molecule has 0 saturated carbocycles. The lowest BCUT2D eigenvalue weighted by Gasteiger charge is -2.13. The van der Waals surface area contributed by atoms with Crippen LogP contribution in [0.1, 0.15) is 24.0 Å². The highest BCUT2D eigenvalue weighted by Gasteiger charge is 2.14. The van der Waals surface area contributed by atoms with Gasteiger partial charge in [0.1, 0.15) is 11.6 Å². The molecule has 3 aromatic carbocycles. The number of hydrogen-bond acceptors (Lipinski definition) is 4. The summed E-state index contributed by atoms with van der Waals surface area (Å²) in [4.78, 5) is 4.92. The van der Waals surface area contributed by atoms with E-state index in [9.17, 15) is 0 Å². The van der Waals surface area contributed by atoms with E-state index in [1.807, 2.05) is 24.3 Å². The van der Waals surface area contributed by atoms with Crippen molar-refractivity contribution in [1.82, 2.24) is 9.55 Å². The minimum Gasteiger partial charge on any atom is -0.493 e. The minimum atomic E-state index is 0.697. The summed E-state index contributed by atoms with van der Waals surface area (Å²) < 4.78 is 19.2. The summed E-state index contributed by atoms with van der Waals surface area (Å²) in [5.74, 6) is 3.31. The number of imidazole rings is 1. The molecular weight excluding hydrogens is 400 g/mol. The van der Waals surface area contributed by atoms with Crippen LogP contribution in [0.5, 0.6) is 17.2 Å². The number of aromatic nitrogens is 2. The van der Waals surface area contributed by atoms with Crippen molar-refractivity contribution in [3.63, 3.8) is 0 Å². The highest BCUT2D eigenvalue weighted by molar-refractivity contribution is 5.81. The van der Waals surface area contributed by atoms with Crippen molar-refractivity contribution in [1.29, 1.82) is 0 Å². The van der Waals surface area contributed by atoms with Crippen LogP contribution in [-0.2, 0) is 6.54 Å². The number of fused-ring (bicyclic) bond motifs is 1. The van der Waals surface area contributed by atoms with Gasteiger partial charge in [0.05, 0.1) is 31.9 Å². The fourth-order valence-corrected chi connectivity index (χ4v) is 4.01. The highest BCUT2D eigenvalue weighted by Crippen LogP contribution is 2.33. The van der Waals surface area contributed by atoms with Crippen LogP contribution in [0.4, 0.5) is 0 Å². The Morgan fingerprint density at radius 1 is 0.812 bits per heavy atom. The van der Waals surface area contributed by atoms with Crippen LogP contribution in [-0.4, -0.2) is 30.4 Å². The molecule has 1 aromatic heterocycles. The molecule has 0 aliphatic carbocycles. The molecule has 0 bridgehead atoms. The summed E-state index contributed by atoms with van der Waals surface area (Å²) in [6.07, 6.45) is 1.96. The van der Waals surface area contributed by atoms with Crippen molar-refractivity contribution in [2.24, 2.45) is 0 Å². The number of benzene rings is 3. The van der Waals surface area contributed by atoms with Gasteiger partial charge in [-0.05, 0) is 68.7 Å². The van der Waals surface area contributed by atoms with Gasteiger partial charge < -0.3 is 18.8 Å². The Kier molecular flexibility index (Phi) is 6.64. The predicted octanol–water partition coefficient (Wildman–Crippen LogP) is 6.20. The zero-order chi connectivity index (χ0) is 22.5. The molecule has 0 N–H and O–H groups in total. The molecule has 0 amide bonds. The zero-order valence-electron chi connectivity index (χ0n) is 19.2. The van der Waals surface area contributed by atoms with E-state index in [2.05, 4.69) is 54.8 Å². The van der Waals surface area contributed by atoms with E-state index in [0.29, 0.717) is 18.1 Å². The maximum absolute atomic E-state index is 6.01. The second-order valence-corrected chi connectivity index (χ2v) is 7.97. The van der Waals surface area contributed by atoms with Crippen LogP contribution in [0, 0.1) is 13.8 Å². The van der Waals surface area contributed by atoms with Crippen LogP contribution < -0.4 is 14.2 Å². The Balaban J connectivity index is 1.51. The molecule has 5 nitrogen and oxygen atoms in total. The van der Waals surface area contributed by atoms with Gasteiger partial charge in [-0.25, -0.2) is 4.98 Å². The summed E-state index contributed by atoms with van der Waals surface area (Å²) >= 11 is 0. The monoisotopic (exact) mass is 430 g/mol. The lowest BCUT2D eigenvalue weighted by Crippen LogP contribution is -2.04.